The lowest BCUT2D eigenvalue weighted by atomic mass is 10.1. The number of nitrogens with zero attached hydrogens (tertiary/aromatic N) is 3. The first-order valence-electron chi connectivity index (χ1n) is 12.2. The summed E-state index contributed by atoms with van der Waals surface area (Å²) >= 11 is 0. The van der Waals surface area contributed by atoms with Gasteiger partial charge in [-0.25, -0.2) is 13.4 Å². The van der Waals surface area contributed by atoms with E-state index in [0.29, 0.717) is 25.0 Å². The van der Waals surface area contributed by atoms with Gasteiger partial charge in [0.1, 0.15) is 5.82 Å². The molecule has 182 valence electrons. The van der Waals surface area contributed by atoms with Gasteiger partial charge in [0, 0.05) is 43.5 Å². The first kappa shape index (κ1) is 23.5. The summed E-state index contributed by atoms with van der Waals surface area (Å²) in [6.07, 6.45) is 3.47. The van der Waals surface area contributed by atoms with E-state index in [1.54, 1.807) is 16.4 Å². The highest BCUT2D eigenvalue weighted by Gasteiger charge is 2.28. The van der Waals surface area contributed by atoms with Crippen LogP contribution in [-0.2, 0) is 27.8 Å². The van der Waals surface area contributed by atoms with E-state index in [4.69, 9.17) is 4.98 Å². The molecule has 5 rings (SSSR count). The number of imidazole rings is 1. The quantitative estimate of drug-likeness (QED) is 0.379. The number of nitrogens with one attached hydrogen (secondary N) is 1. The largest absolute Gasteiger partial charge is 0.328 e. The molecule has 3 aromatic carbocycles. The van der Waals surface area contributed by atoms with Gasteiger partial charge in [0.05, 0.1) is 15.9 Å². The lowest BCUT2D eigenvalue weighted by Gasteiger charge is -2.15. The molecule has 35 heavy (non-hydrogen) atoms. The first-order chi connectivity index (χ1) is 17.0. The molecule has 0 unspecified atom stereocenters. The molecule has 1 fully saturated rings. The molecule has 4 aromatic rings. The molecule has 1 saturated heterocycles. The number of rotatable bonds is 8. The van der Waals surface area contributed by atoms with E-state index >= 15 is 0 Å². The molecule has 2 heterocycles. The fourth-order valence-corrected chi connectivity index (χ4v) is 6.37. The molecule has 1 N–H and O–H groups in total. The van der Waals surface area contributed by atoms with E-state index in [1.165, 1.54) is 0 Å². The van der Waals surface area contributed by atoms with Crippen LogP contribution in [-0.4, -0.2) is 41.3 Å². The van der Waals surface area contributed by atoms with Gasteiger partial charge >= 0.3 is 0 Å². The van der Waals surface area contributed by atoms with Gasteiger partial charge in [-0.15, -0.1) is 0 Å². The summed E-state index contributed by atoms with van der Waals surface area (Å²) in [5, 5.41) is 5.13. The lowest BCUT2D eigenvalue weighted by molar-refractivity contribution is -0.116. The highest BCUT2D eigenvalue weighted by molar-refractivity contribution is 7.89. The zero-order valence-electron chi connectivity index (χ0n) is 19.9. The monoisotopic (exact) mass is 490 g/mol. The van der Waals surface area contributed by atoms with Crippen LogP contribution in [0.5, 0.6) is 0 Å². The van der Waals surface area contributed by atoms with Gasteiger partial charge in [0.15, 0.2) is 0 Å². The van der Waals surface area contributed by atoms with Crippen molar-refractivity contribution in [3.8, 4) is 0 Å². The second-order valence-electron chi connectivity index (χ2n) is 9.02. The number of carbonyl (C=O) groups excluding carboxylic acids is 1. The third-order valence-electron chi connectivity index (χ3n) is 6.59. The van der Waals surface area contributed by atoms with Crippen LogP contribution in [0.2, 0.25) is 0 Å². The molecule has 1 aliphatic heterocycles. The average molecular weight is 491 g/mol. The van der Waals surface area contributed by atoms with E-state index in [9.17, 15) is 13.2 Å². The number of aryl methyl sites for hydroxylation is 2. The van der Waals surface area contributed by atoms with Crippen LogP contribution in [0.4, 0.5) is 5.69 Å². The fraction of sp³-hybridized carbons (Fsp3) is 0.333. The van der Waals surface area contributed by atoms with E-state index < -0.39 is 10.0 Å². The van der Waals surface area contributed by atoms with Gasteiger partial charge in [-0.1, -0.05) is 43.3 Å². The minimum atomic E-state index is -3.50. The standard InChI is InChI=1S/C27H30N4O3S/c1-2-16-31-25-13-12-21(35(33,34)30-17-5-6-18-30)19-24(25)28-26(31)14-15-27(32)29-23-11-7-9-20-8-3-4-10-22(20)23/h3-4,7-13,19H,2,5-6,14-18H2,1H3,(H,29,32). The molecule has 8 heteroatoms. The van der Waals surface area contributed by atoms with Gasteiger partial charge in [0.25, 0.3) is 0 Å². The summed E-state index contributed by atoms with van der Waals surface area (Å²) in [5.41, 5.74) is 2.35. The van der Waals surface area contributed by atoms with Crippen LogP contribution in [0.3, 0.4) is 0 Å². The number of anilines is 1. The number of sulfonamides is 1. The Hall–Kier alpha value is -3.23. The number of amides is 1. The van der Waals surface area contributed by atoms with Crippen molar-refractivity contribution in [3.05, 3.63) is 66.5 Å². The van der Waals surface area contributed by atoms with Crippen molar-refractivity contribution in [2.45, 2.75) is 50.5 Å². The lowest BCUT2D eigenvalue weighted by Crippen LogP contribution is -2.27. The van der Waals surface area contributed by atoms with E-state index in [0.717, 1.165) is 53.6 Å². The zero-order chi connectivity index (χ0) is 24.4. The molecule has 1 amide bonds. The van der Waals surface area contributed by atoms with Gasteiger partial charge in [-0.2, -0.15) is 4.31 Å². The van der Waals surface area contributed by atoms with Crippen LogP contribution in [0, 0.1) is 0 Å². The predicted octanol–water partition coefficient (Wildman–Crippen LogP) is 4.96. The van der Waals surface area contributed by atoms with Crippen molar-refractivity contribution >= 4 is 43.4 Å². The number of carbonyl (C=O) groups is 1. The molecular weight excluding hydrogens is 460 g/mol. The summed E-state index contributed by atoms with van der Waals surface area (Å²) < 4.78 is 29.7. The molecule has 1 aromatic heterocycles. The number of fused-ring (bicyclic) bond motifs is 2. The van der Waals surface area contributed by atoms with Crippen molar-refractivity contribution < 1.29 is 13.2 Å². The molecule has 0 aliphatic carbocycles. The van der Waals surface area contributed by atoms with Crippen LogP contribution >= 0.6 is 0 Å². The number of hydrogen-bond acceptors (Lipinski definition) is 4. The predicted molar refractivity (Wildman–Crippen MR) is 139 cm³/mol. The van der Waals surface area contributed by atoms with Gasteiger partial charge in [-0.05, 0) is 48.9 Å². The summed E-state index contributed by atoms with van der Waals surface area (Å²) in [6.45, 7) is 3.99. The smallest absolute Gasteiger partial charge is 0.243 e. The van der Waals surface area contributed by atoms with Crippen molar-refractivity contribution in [2.75, 3.05) is 18.4 Å². The number of hydrogen-bond donors (Lipinski definition) is 1. The fourth-order valence-electron chi connectivity index (χ4n) is 4.83. The normalized spacial score (nSPS) is 14.7. The molecule has 7 nitrogen and oxygen atoms in total. The van der Waals surface area contributed by atoms with Crippen LogP contribution in [0.25, 0.3) is 21.8 Å². The molecule has 0 atom stereocenters. The van der Waals surface area contributed by atoms with Crippen molar-refractivity contribution in [2.24, 2.45) is 0 Å². The Morgan fingerprint density at radius 1 is 1.03 bits per heavy atom. The molecule has 0 bridgehead atoms. The number of aromatic nitrogens is 2. The minimum Gasteiger partial charge on any atom is -0.328 e. The van der Waals surface area contributed by atoms with Gasteiger partial charge < -0.3 is 9.88 Å². The molecule has 0 saturated carbocycles. The third-order valence-corrected chi connectivity index (χ3v) is 8.48. The summed E-state index contributed by atoms with van der Waals surface area (Å²) in [4.78, 5) is 17.9. The summed E-state index contributed by atoms with van der Waals surface area (Å²) in [5.74, 6) is 0.722. The first-order valence-corrected chi connectivity index (χ1v) is 13.7. The second-order valence-corrected chi connectivity index (χ2v) is 11.0. The molecule has 0 radical (unpaired) electrons. The Balaban J connectivity index is 1.37. The van der Waals surface area contributed by atoms with Crippen LogP contribution < -0.4 is 5.32 Å². The topological polar surface area (TPSA) is 84.3 Å². The van der Waals surface area contributed by atoms with E-state index in [-0.39, 0.29) is 17.2 Å². The number of benzene rings is 3. The van der Waals surface area contributed by atoms with Gasteiger partial charge in [-0.3, -0.25) is 4.79 Å². The summed E-state index contributed by atoms with van der Waals surface area (Å²) in [6, 6.07) is 19.0. The molecule has 0 spiro atoms. The Labute approximate surface area is 205 Å². The molecular formula is C27H30N4O3S. The SMILES string of the molecule is CCCn1c(CCC(=O)Nc2cccc3ccccc23)nc2cc(S(=O)(=O)N3CCCC3)ccc21. The Kier molecular flexibility index (Phi) is 6.58. The van der Waals surface area contributed by atoms with Crippen molar-refractivity contribution in [1.82, 2.24) is 13.9 Å². The third kappa shape index (κ3) is 4.68. The highest BCUT2D eigenvalue weighted by Crippen LogP contribution is 2.26. The van der Waals surface area contributed by atoms with Crippen LogP contribution in [0.1, 0.15) is 38.4 Å². The maximum Gasteiger partial charge on any atom is 0.243 e. The summed E-state index contributed by atoms with van der Waals surface area (Å²) in [7, 11) is -3.50. The zero-order valence-corrected chi connectivity index (χ0v) is 20.7. The highest BCUT2D eigenvalue weighted by atomic mass is 32.2. The Morgan fingerprint density at radius 3 is 2.60 bits per heavy atom. The Bertz CT molecular complexity index is 1480. The van der Waals surface area contributed by atoms with Crippen LogP contribution in [0.15, 0.2) is 65.6 Å². The maximum absolute atomic E-state index is 13.0. The van der Waals surface area contributed by atoms with Gasteiger partial charge in [0.2, 0.25) is 15.9 Å². The second kappa shape index (κ2) is 9.79. The van der Waals surface area contributed by atoms with Crippen molar-refractivity contribution in [3.63, 3.8) is 0 Å². The Morgan fingerprint density at radius 2 is 1.80 bits per heavy atom. The minimum absolute atomic E-state index is 0.0752. The van der Waals surface area contributed by atoms with E-state index in [1.807, 2.05) is 48.5 Å². The average Bonchev–Trinajstić information content (AvgIpc) is 3.52. The molecule has 1 aliphatic rings. The van der Waals surface area contributed by atoms with Crippen molar-refractivity contribution in [1.29, 1.82) is 0 Å². The maximum atomic E-state index is 13.0. The van der Waals surface area contributed by atoms with E-state index in [2.05, 4.69) is 16.8 Å².